The van der Waals surface area contributed by atoms with E-state index in [4.69, 9.17) is 18.0 Å². The molecule has 0 aliphatic rings. The number of rotatable bonds is 4. The number of aryl methyl sites for hydroxylation is 1. The van der Waals surface area contributed by atoms with Gasteiger partial charge in [0.25, 0.3) is 0 Å². The first kappa shape index (κ1) is 14.3. The molecule has 0 aliphatic carbocycles. The lowest BCUT2D eigenvalue weighted by Crippen LogP contribution is -2.12. The fourth-order valence-electron chi connectivity index (χ4n) is 1.77. The lowest BCUT2D eigenvalue weighted by molar-refractivity contribution is 0.587. The normalized spacial score (nSPS) is 10.3. The van der Waals surface area contributed by atoms with Crippen LogP contribution in [0.25, 0.3) is 0 Å². The van der Waals surface area contributed by atoms with Crippen LogP contribution in [0.5, 0.6) is 0 Å². The van der Waals surface area contributed by atoms with Crippen molar-refractivity contribution < 1.29 is 8.78 Å². The summed E-state index contributed by atoms with van der Waals surface area (Å²) in [6.07, 6.45) is 3.33. The van der Waals surface area contributed by atoms with Crippen molar-refractivity contribution >= 4 is 22.9 Å². The van der Waals surface area contributed by atoms with E-state index < -0.39 is 11.6 Å². The molecule has 0 unspecified atom stereocenters. The number of nitrogens with two attached hydrogens (primary N) is 1. The summed E-state index contributed by atoms with van der Waals surface area (Å²) < 4.78 is 27.7. The zero-order chi connectivity index (χ0) is 14.7. The smallest absolute Gasteiger partial charge is 0.150 e. The second-order valence-corrected chi connectivity index (χ2v) is 4.77. The molecule has 3 nitrogen and oxygen atoms in total. The number of aromatic nitrogens is 1. The third-order valence-electron chi connectivity index (χ3n) is 2.92. The van der Waals surface area contributed by atoms with Gasteiger partial charge in [0.2, 0.25) is 0 Å². The highest BCUT2D eigenvalue weighted by atomic mass is 32.1. The number of hydrogen-bond donors (Lipinski definition) is 2. The number of hydrogen-bond acceptors (Lipinski definition) is 3. The van der Waals surface area contributed by atoms with E-state index in [1.165, 1.54) is 0 Å². The highest BCUT2D eigenvalue weighted by Crippen LogP contribution is 2.22. The summed E-state index contributed by atoms with van der Waals surface area (Å²) in [5.74, 6) is -1.45. The maximum absolute atomic E-state index is 13.8. The van der Waals surface area contributed by atoms with E-state index >= 15 is 0 Å². The van der Waals surface area contributed by atoms with Crippen molar-refractivity contribution in [3.8, 4) is 0 Å². The zero-order valence-corrected chi connectivity index (χ0v) is 11.6. The SMILES string of the molecule is Cc1cnccc1CNc1c(F)cc(C(N)=S)cc1F. The van der Waals surface area contributed by atoms with E-state index in [-0.39, 0.29) is 16.2 Å². The Hall–Kier alpha value is -2.08. The van der Waals surface area contributed by atoms with E-state index in [0.717, 1.165) is 23.3 Å². The molecular weight excluding hydrogens is 280 g/mol. The van der Waals surface area contributed by atoms with Crippen LogP contribution in [0.3, 0.4) is 0 Å². The van der Waals surface area contributed by atoms with Gasteiger partial charge in [0.15, 0.2) is 0 Å². The molecule has 104 valence electrons. The van der Waals surface area contributed by atoms with Crippen LogP contribution in [0.15, 0.2) is 30.6 Å². The molecule has 0 saturated carbocycles. The molecule has 20 heavy (non-hydrogen) atoms. The number of thiocarbonyl (C=S) groups is 1. The van der Waals surface area contributed by atoms with Crippen molar-refractivity contribution in [2.75, 3.05) is 5.32 Å². The Balaban J connectivity index is 2.22. The summed E-state index contributed by atoms with van der Waals surface area (Å²) in [5, 5.41) is 2.74. The van der Waals surface area contributed by atoms with Crippen molar-refractivity contribution in [2.24, 2.45) is 5.73 Å². The van der Waals surface area contributed by atoms with Crippen molar-refractivity contribution in [3.05, 3.63) is 58.9 Å². The standard InChI is InChI=1S/C14H13F2N3S/c1-8-6-18-3-2-9(8)7-19-13-11(15)4-10(14(17)20)5-12(13)16/h2-6,19H,7H2,1H3,(H2,17,20). The number of halogens is 2. The molecule has 6 heteroatoms. The molecule has 0 amide bonds. The Morgan fingerprint density at radius 3 is 2.55 bits per heavy atom. The third-order valence-corrected chi connectivity index (χ3v) is 3.15. The van der Waals surface area contributed by atoms with Crippen molar-refractivity contribution in [1.82, 2.24) is 4.98 Å². The van der Waals surface area contributed by atoms with Crippen LogP contribution >= 0.6 is 12.2 Å². The van der Waals surface area contributed by atoms with Crippen LogP contribution in [0.1, 0.15) is 16.7 Å². The molecule has 0 radical (unpaired) electrons. The number of nitrogens with zero attached hydrogens (tertiary/aromatic N) is 1. The largest absolute Gasteiger partial charge is 0.389 e. The highest BCUT2D eigenvalue weighted by molar-refractivity contribution is 7.80. The first-order valence-corrected chi connectivity index (χ1v) is 6.32. The van der Waals surface area contributed by atoms with Crippen molar-refractivity contribution in [1.29, 1.82) is 0 Å². The quantitative estimate of drug-likeness (QED) is 0.851. The lowest BCUT2D eigenvalue weighted by atomic mass is 10.1. The molecule has 2 rings (SSSR count). The fraction of sp³-hybridized carbons (Fsp3) is 0.143. The summed E-state index contributed by atoms with van der Waals surface area (Å²) >= 11 is 4.70. The van der Waals surface area contributed by atoms with Gasteiger partial charge in [-0.15, -0.1) is 0 Å². The van der Waals surface area contributed by atoms with Gasteiger partial charge >= 0.3 is 0 Å². The molecule has 0 aliphatic heterocycles. The summed E-state index contributed by atoms with van der Waals surface area (Å²) in [7, 11) is 0. The van der Waals surface area contributed by atoms with Crippen LogP contribution in [-0.2, 0) is 6.54 Å². The Morgan fingerprint density at radius 1 is 1.35 bits per heavy atom. The molecule has 3 N–H and O–H groups in total. The number of nitrogens with one attached hydrogen (secondary N) is 1. The average Bonchev–Trinajstić information content (AvgIpc) is 2.39. The zero-order valence-electron chi connectivity index (χ0n) is 10.8. The maximum Gasteiger partial charge on any atom is 0.150 e. The summed E-state index contributed by atoms with van der Waals surface area (Å²) in [4.78, 5) is 3.92. The van der Waals surface area contributed by atoms with Gasteiger partial charge in [-0.1, -0.05) is 12.2 Å². The van der Waals surface area contributed by atoms with Gasteiger partial charge < -0.3 is 11.1 Å². The fourth-order valence-corrected chi connectivity index (χ4v) is 1.89. The second kappa shape index (κ2) is 5.92. The topological polar surface area (TPSA) is 50.9 Å². The molecule has 0 saturated heterocycles. The predicted molar refractivity (Wildman–Crippen MR) is 78.5 cm³/mol. The van der Waals surface area contributed by atoms with Crippen LogP contribution in [0.2, 0.25) is 0 Å². The van der Waals surface area contributed by atoms with Gasteiger partial charge in [-0.25, -0.2) is 8.78 Å². The van der Waals surface area contributed by atoms with Crippen LogP contribution < -0.4 is 11.1 Å². The minimum atomic E-state index is -0.723. The van der Waals surface area contributed by atoms with Crippen LogP contribution in [0.4, 0.5) is 14.5 Å². The molecule has 0 fully saturated rings. The van der Waals surface area contributed by atoms with E-state index in [0.29, 0.717) is 6.54 Å². The lowest BCUT2D eigenvalue weighted by Gasteiger charge is -2.11. The van der Waals surface area contributed by atoms with Crippen molar-refractivity contribution in [2.45, 2.75) is 13.5 Å². The molecule has 0 atom stereocenters. The van der Waals surface area contributed by atoms with Gasteiger partial charge in [-0.3, -0.25) is 4.98 Å². The Labute approximate surface area is 120 Å². The van der Waals surface area contributed by atoms with Gasteiger partial charge in [0.05, 0.1) is 0 Å². The monoisotopic (exact) mass is 293 g/mol. The van der Waals surface area contributed by atoms with Crippen LogP contribution in [-0.4, -0.2) is 9.97 Å². The van der Waals surface area contributed by atoms with Gasteiger partial charge in [0, 0.05) is 24.5 Å². The van der Waals surface area contributed by atoms with E-state index in [1.807, 2.05) is 6.92 Å². The number of anilines is 1. The molecule has 1 heterocycles. The average molecular weight is 293 g/mol. The third kappa shape index (κ3) is 3.08. The van der Waals surface area contributed by atoms with Gasteiger partial charge in [-0.05, 0) is 36.2 Å². The second-order valence-electron chi connectivity index (χ2n) is 4.33. The van der Waals surface area contributed by atoms with E-state index in [9.17, 15) is 8.78 Å². The van der Waals surface area contributed by atoms with Crippen LogP contribution in [0, 0.1) is 18.6 Å². The van der Waals surface area contributed by atoms with E-state index in [2.05, 4.69) is 10.3 Å². The highest BCUT2D eigenvalue weighted by Gasteiger charge is 2.12. The minimum absolute atomic E-state index is 0.0423. The number of benzene rings is 1. The molecule has 2 aromatic rings. The molecule has 0 spiro atoms. The summed E-state index contributed by atoms with van der Waals surface area (Å²) in [5.41, 5.74) is 7.19. The first-order chi connectivity index (χ1) is 9.49. The predicted octanol–water partition coefficient (Wildman–Crippen LogP) is 2.91. The Bertz CT molecular complexity index is 636. The summed E-state index contributed by atoms with van der Waals surface area (Å²) in [6, 6.07) is 4.03. The minimum Gasteiger partial charge on any atom is -0.389 e. The molecular formula is C14H13F2N3S. The van der Waals surface area contributed by atoms with Gasteiger partial charge in [0.1, 0.15) is 22.3 Å². The van der Waals surface area contributed by atoms with Gasteiger partial charge in [-0.2, -0.15) is 0 Å². The molecule has 0 bridgehead atoms. The summed E-state index contributed by atoms with van der Waals surface area (Å²) in [6.45, 7) is 2.18. The van der Waals surface area contributed by atoms with Crippen molar-refractivity contribution in [3.63, 3.8) is 0 Å². The first-order valence-electron chi connectivity index (χ1n) is 5.91. The Morgan fingerprint density at radius 2 is 2.00 bits per heavy atom. The Kier molecular flexibility index (Phi) is 4.24. The number of pyridine rings is 1. The maximum atomic E-state index is 13.8. The molecule has 1 aromatic carbocycles. The molecule has 1 aromatic heterocycles. The van der Waals surface area contributed by atoms with E-state index in [1.54, 1.807) is 18.5 Å².